The first-order chi connectivity index (χ1) is 11.5. The molecular weight excluding hydrogens is 300 g/mol. The van der Waals surface area contributed by atoms with Crippen molar-refractivity contribution < 1.29 is 9.59 Å². The molecule has 0 fully saturated rings. The third-order valence-electron chi connectivity index (χ3n) is 4.40. The van der Waals surface area contributed by atoms with Gasteiger partial charge in [-0.1, -0.05) is 56.7 Å². The highest BCUT2D eigenvalue weighted by Crippen LogP contribution is 2.34. The Morgan fingerprint density at radius 2 is 1.96 bits per heavy atom. The van der Waals surface area contributed by atoms with Crippen molar-refractivity contribution in [2.24, 2.45) is 13.0 Å². The summed E-state index contributed by atoms with van der Waals surface area (Å²) in [7, 11) is 1.81. The minimum absolute atomic E-state index is 0.0176. The Morgan fingerprint density at radius 1 is 1.25 bits per heavy atom. The number of fused-ring (bicyclic) bond motifs is 1. The van der Waals surface area contributed by atoms with Crippen LogP contribution in [0.15, 0.2) is 48.2 Å². The average Bonchev–Trinajstić information content (AvgIpc) is 2.96. The van der Waals surface area contributed by atoms with Gasteiger partial charge in [-0.25, -0.2) is 0 Å². The van der Waals surface area contributed by atoms with E-state index in [2.05, 4.69) is 18.9 Å². The summed E-state index contributed by atoms with van der Waals surface area (Å²) in [5.74, 6) is 0.165. The van der Waals surface area contributed by atoms with Crippen molar-refractivity contribution >= 4 is 11.6 Å². The Hall–Kier alpha value is -2.49. The van der Waals surface area contributed by atoms with Gasteiger partial charge in [-0.05, 0) is 12.3 Å². The average molecular weight is 322 g/mol. The Kier molecular flexibility index (Phi) is 4.47. The van der Waals surface area contributed by atoms with Crippen LogP contribution in [0, 0.1) is 5.92 Å². The molecule has 0 aliphatic heterocycles. The molecule has 1 atom stereocenters. The number of nitrogens with zero attached hydrogens (tertiary/aromatic N) is 2. The molecule has 1 aliphatic carbocycles. The number of ketones is 2. The SMILES string of the molecule is CC(C)CC[C@@H]1C=C(C(=O)c2ccccc2)C(=O)c2cn(C)nc21. The van der Waals surface area contributed by atoms with Crippen LogP contribution >= 0.6 is 0 Å². The Bertz CT molecular complexity index is 800. The topological polar surface area (TPSA) is 52.0 Å². The minimum atomic E-state index is -0.215. The van der Waals surface area contributed by atoms with Crippen molar-refractivity contribution in [1.29, 1.82) is 0 Å². The number of carbonyl (C=O) groups is 2. The van der Waals surface area contributed by atoms with Crippen LogP contribution in [0.5, 0.6) is 0 Å². The summed E-state index contributed by atoms with van der Waals surface area (Å²) >= 11 is 0. The van der Waals surface area contributed by atoms with Gasteiger partial charge in [0.2, 0.25) is 0 Å². The van der Waals surface area contributed by atoms with Gasteiger partial charge in [0.15, 0.2) is 11.6 Å². The van der Waals surface area contributed by atoms with E-state index in [4.69, 9.17) is 0 Å². The van der Waals surface area contributed by atoms with E-state index in [1.807, 2.05) is 31.3 Å². The normalized spacial score (nSPS) is 16.9. The maximum Gasteiger partial charge on any atom is 0.200 e. The lowest BCUT2D eigenvalue weighted by Gasteiger charge is -2.20. The molecule has 0 N–H and O–H groups in total. The van der Waals surface area contributed by atoms with Crippen LogP contribution in [0.2, 0.25) is 0 Å². The fourth-order valence-electron chi connectivity index (χ4n) is 3.11. The molecule has 2 aromatic rings. The first kappa shape index (κ1) is 16.4. The van der Waals surface area contributed by atoms with E-state index >= 15 is 0 Å². The molecule has 0 amide bonds. The molecule has 124 valence electrons. The van der Waals surface area contributed by atoms with Crippen molar-refractivity contribution in [2.45, 2.75) is 32.6 Å². The number of Topliss-reactive ketones (excluding diaryl/α,β-unsaturated/α-hetero) is 2. The van der Waals surface area contributed by atoms with Crippen molar-refractivity contribution in [3.8, 4) is 0 Å². The summed E-state index contributed by atoms with van der Waals surface area (Å²) in [6, 6.07) is 8.98. The third kappa shape index (κ3) is 3.09. The van der Waals surface area contributed by atoms with Gasteiger partial charge in [0.05, 0.1) is 16.8 Å². The fraction of sp³-hybridized carbons (Fsp3) is 0.350. The number of allylic oxidation sites excluding steroid dienone is 2. The molecule has 0 bridgehead atoms. The van der Waals surface area contributed by atoms with Crippen LogP contribution in [-0.4, -0.2) is 21.3 Å². The monoisotopic (exact) mass is 322 g/mol. The lowest BCUT2D eigenvalue weighted by Crippen LogP contribution is -2.21. The van der Waals surface area contributed by atoms with E-state index in [9.17, 15) is 9.59 Å². The van der Waals surface area contributed by atoms with Crippen LogP contribution in [-0.2, 0) is 7.05 Å². The molecular formula is C20H22N2O2. The smallest absolute Gasteiger partial charge is 0.200 e. The minimum Gasteiger partial charge on any atom is -0.288 e. The highest BCUT2D eigenvalue weighted by Gasteiger charge is 2.33. The van der Waals surface area contributed by atoms with Gasteiger partial charge in [0.1, 0.15) is 0 Å². The Balaban J connectivity index is 1.99. The van der Waals surface area contributed by atoms with Gasteiger partial charge in [-0.2, -0.15) is 5.10 Å². The summed E-state index contributed by atoms with van der Waals surface area (Å²) in [5.41, 5.74) is 2.18. The molecule has 0 saturated carbocycles. The van der Waals surface area contributed by atoms with Gasteiger partial charge >= 0.3 is 0 Å². The quantitative estimate of drug-likeness (QED) is 0.619. The first-order valence-electron chi connectivity index (χ1n) is 8.37. The largest absolute Gasteiger partial charge is 0.288 e. The van der Waals surface area contributed by atoms with E-state index in [1.165, 1.54) is 0 Å². The van der Waals surface area contributed by atoms with Crippen LogP contribution < -0.4 is 0 Å². The van der Waals surface area contributed by atoms with E-state index in [-0.39, 0.29) is 23.1 Å². The van der Waals surface area contributed by atoms with E-state index in [1.54, 1.807) is 23.0 Å². The summed E-state index contributed by atoms with van der Waals surface area (Å²) in [4.78, 5) is 25.6. The zero-order valence-electron chi connectivity index (χ0n) is 14.3. The molecule has 24 heavy (non-hydrogen) atoms. The standard InChI is InChI=1S/C20H22N2O2/c1-13(2)9-10-15-11-16(19(23)14-7-5-4-6-8-14)20(24)17-12-22(3)21-18(15)17/h4-8,11-13,15H,9-10H2,1-3H3/t15-/m1/s1. The molecule has 0 spiro atoms. The second kappa shape index (κ2) is 6.56. The Morgan fingerprint density at radius 3 is 2.62 bits per heavy atom. The highest BCUT2D eigenvalue weighted by atomic mass is 16.1. The second-order valence-corrected chi connectivity index (χ2v) is 6.78. The van der Waals surface area contributed by atoms with Gasteiger partial charge in [0.25, 0.3) is 0 Å². The number of aromatic nitrogens is 2. The number of aryl methyl sites for hydroxylation is 1. The van der Waals surface area contributed by atoms with Crippen LogP contribution in [0.1, 0.15) is 59.0 Å². The molecule has 1 aliphatic rings. The predicted molar refractivity (Wildman–Crippen MR) is 93.2 cm³/mol. The summed E-state index contributed by atoms with van der Waals surface area (Å²) in [6.45, 7) is 4.35. The second-order valence-electron chi connectivity index (χ2n) is 6.78. The molecule has 4 nitrogen and oxygen atoms in total. The van der Waals surface area contributed by atoms with Gasteiger partial charge in [-0.15, -0.1) is 0 Å². The maximum absolute atomic E-state index is 12.8. The molecule has 1 aromatic heterocycles. The van der Waals surface area contributed by atoms with Crippen molar-refractivity contribution in [3.63, 3.8) is 0 Å². The van der Waals surface area contributed by atoms with E-state index in [0.717, 1.165) is 18.5 Å². The van der Waals surface area contributed by atoms with Crippen molar-refractivity contribution in [2.75, 3.05) is 0 Å². The molecule has 3 rings (SSSR count). The molecule has 0 saturated heterocycles. The lowest BCUT2D eigenvalue weighted by molar-refractivity contribution is 0.0958. The molecule has 0 radical (unpaired) electrons. The molecule has 1 heterocycles. The number of benzene rings is 1. The van der Waals surface area contributed by atoms with E-state index < -0.39 is 0 Å². The zero-order valence-corrected chi connectivity index (χ0v) is 14.3. The summed E-state index contributed by atoms with van der Waals surface area (Å²) in [5, 5.41) is 4.47. The molecule has 1 aromatic carbocycles. The highest BCUT2D eigenvalue weighted by molar-refractivity contribution is 6.31. The zero-order chi connectivity index (χ0) is 17.3. The van der Waals surface area contributed by atoms with Crippen LogP contribution in [0.25, 0.3) is 0 Å². The number of hydrogen-bond donors (Lipinski definition) is 0. The summed E-state index contributed by atoms with van der Waals surface area (Å²) in [6.07, 6.45) is 5.47. The predicted octanol–water partition coefficient (Wildman–Crippen LogP) is 3.95. The van der Waals surface area contributed by atoms with Crippen LogP contribution in [0.4, 0.5) is 0 Å². The number of carbonyl (C=O) groups excluding carboxylic acids is 2. The van der Waals surface area contributed by atoms with Gasteiger partial charge < -0.3 is 0 Å². The van der Waals surface area contributed by atoms with Crippen molar-refractivity contribution in [1.82, 2.24) is 9.78 Å². The molecule has 4 heteroatoms. The number of rotatable bonds is 5. The third-order valence-corrected chi connectivity index (χ3v) is 4.40. The summed E-state index contributed by atoms with van der Waals surface area (Å²) < 4.78 is 1.66. The maximum atomic E-state index is 12.8. The Labute approximate surface area is 142 Å². The first-order valence-corrected chi connectivity index (χ1v) is 8.37. The van der Waals surface area contributed by atoms with Gasteiger partial charge in [0, 0.05) is 24.7 Å². The molecule has 0 unspecified atom stereocenters. The number of hydrogen-bond acceptors (Lipinski definition) is 3. The fourth-order valence-corrected chi connectivity index (χ4v) is 3.11. The van der Waals surface area contributed by atoms with E-state index in [0.29, 0.717) is 17.0 Å². The van der Waals surface area contributed by atoms with Crippen molar-refractivity contribution in [3.05, 3.63) is 65.0 Å². The van der Waals surface area contributed by atoms with Crippen LogP contribution in [0.3, 0.4) is 0 Å². The van der Waals surface area contributed by atoms with Gasteiger partial charge in [-0.3, -0.25) is 14.3 Å². The lowest BCUT2D eigenvalue weighted by atomic mass is 9.82.